The molecule has 3 aromatic heterocycles. The minimum atomic E-state index is -1.01. The van der Waals surface area contributed by atoms with Crippen LogP contribution in [0.1, 0.15) is 29.3 Å². The molecule has 8 rings (SSSR count). The lowest BCUT2D eigenvalue weighted by atomic mass is 9.80. The fraction of sp³-hybridized carbons (Fsp3) is 0.195. The van der Waals surface area contributed by atoms with E-state index in [0.717, 1.165) is 49.7 Å². The van der Waals surface area contributed by atoms with Crippen molar-refractivity contribution in [2.45, 2.75) is 30.5 Å². The quantitative estimate of drug-likeness (QED) is 0.136. The zero-order valence-corrected chi connectivity index (χ0v) is 29.3. The highest BCUT2D eigenvalue weighted by Crippen LogP contribution is 2.44. The van der Waals surface area contributed by atoms with Gasteiger partial charge in [0.05, 0.1) is 44.3 Å². The Kier molecular flexibility index (Phi) is 8.99. The van der Waals surface area contributed by atoms with E-state index in [2.05, 4.69) is 60.0 Å². The smallest absolute Gasteiger partial charge is 0.143 e. The molecule has 0 spiro atoms. The van der Waals surface area contributed by atoms with Crippen molar-refractivity contribution in [1.82, 2.24) is 9.55 Å². The summed E-state index contributed by atoms with van der Waals surface area (Å²) in [7, 11) is 3.31. The van der Waals surface area contributed by atoms with Crippen LogP contribution in [0.15, 0.2) is 133 Å². The van der Waals surface area contributed by atoms with Crippen LogP contribution < -0.4 is 9.47 Å². The highest BCUT2D eigenvalue weighted by molar-refractivity contribution is 7.23. The van der Waals surface area contributed by atoms with Gasteiger partial charge in [0.1, 0.15) is 29.4 Å². The summed E-state index contributed by atoms with van der Waals surface area (Å²) in [6.07, 6.45) is 0.509. The van der Waals surface area contributed by atoms with Crippen molar-refractivity contribution in [3.05, 3.63) is 150 Å². The second-order valence-corrected chi connectivity index (χ2v) is 14.2. The van der Waals surface area contributed by atoms with Crippen LogP contribution in [0.5, 0.6) is 11.5 Å². The molecule has 1 fully saturated rings. The van der Waals surface area contributed by atoms with Gasteiger partial charge in [-0.25, -0.2) is 4.98 Å². The van der Waals surface area contributed by atoms with E-state index in [1.807, 2.05) is 77.6 Å². The third-order valence-electron chi connectivity index (χ3n) is 9.39. The van der Waals surface area contributed by atoms with E-state index in [1.165, 1.54) is 9.75 Å². The van der Waals surface area contributed by atoms with Gasteiger partial charge < -0.3 is 28.6 Å². The van der Waals surface area contributed by atoms with Gasteiger partial charge in [0.2, 0.25) is 0 Å². The molecule has 7 nitrogen and oxygen atoms in total. The number of aliphatic hydroxyl groups excluding tert-OH is 1. The SMILES string of the molecule is COc1ccc(C(OC[C@H]2O[C@@H](n3cnc4c(-c5ccc(-c6cccs6)s5)cccc43)C[C@@H]2O)(c2ccccc2)c2ccc(OC)cc2)cc1. The van der Waals surface area contributed by atoms with Crippen molar-refractivity contribution in [3.63, 3.8) is 0 Å². The van der Waals surface area contributed by atoms with Gasteiger partial charge in [0, 0.05) is 26.6 Å². The molecular weight excluding hydrogens is 665 g/mol. The van der Waals surface area contributed by atoms with E-state index in [1.54, 1.807) is 36.9 Å². The first-order chi connectivity index (χ1) is 24.6. The van der Waals surface area contributed by atoms with Crippen LogP contribution >= 0.6 is 22.7 Å². The summed E-state index contributed by atoms with van der Waals surface area (Å²) < 4.78 is 26.7. The number of nitrogens with zero attached hydrogens (tertiary/aromatic N) is 2. The number of hydrogen-bond acceptors (Lipinski definition) is 8. The fourth-order valence-electron chi connectivity index (χ4n) is 6.84. The highest BCUT2D eigenvalue weighted by Gasteiger charge is 2.42. The number of rotatable bonds is 11. The molecule has 0 aliphatic carbocycles. The third kappa shape index (κ3) is 5.91. The van der Waals surface area contributed by atoms with Gasteiger partial charge in [-0.2, -0.15) is 0 Å². The summed E-state index contributed by atoms with van der Waals surface area (Å²) >= 11 is 3.51. The maximum Gasteiger partial charge on any atom is 0.143 e. The number of hydrogen-bond donors (Lipinski definition) is 1. The molecule has 50 heavy (non-hydrogen) atoms. The Bertz CT molecular complexity index is 2130. The van der Waals surface area contributed by atoms with Gasteiger partial charge in [-0.1, -0.05) is 72.8 Å². The van der Waals surface area contributed by atoms with Crippen LogP contribution in [-0.4, -0.2) is 47.7 Å². The van der Waals surface area contributed by atoms with Crippen LogP contribution in [0.2, 0.25) is 0 Å². The second-order valence-electron chi connectivity index (χ2n) is 12.2. The maximum absolute atomic E-state index is 11.4. The van der Waals surface area contributed by atoms with Gasteiger partial charge in [0.15, 0.2) is 0 Å². The van der Waals surface area contributed by atoms with Crippen LogP contribution in [-0.2, 0) is 15.1 Å². The molecule has 0 unspecified atom stereocenters. The Morgan fingerprint density at radius 1 is 0.760 bits per heavy atom. The Balaban J connectivity index is 1.10. The zero-order valence-electron chi connectivity index (χ0n) is 27.6. The molecule has 1 aliphatic heterocycles. The summed E-state index contributed by atoms with van der Waals surface area (Å²) in [6.45, 7) is 0.142. The lowest BCUT2D eigenvalue weighted by molar-refractivity contribution is -0.0930. The number of methoxy groups -OCH3 is 2. The molecule has 4 aromatic carbocycles. The van der Waals surface area contributed by atoms with Gasteiger partial charge in [0.25, 0.3) is 0 Å². The molecule has 3 atom stereocenters. The summed E-state index contributed by atoms with van der Waals surface area (Å²) in [5, 5.41) is 13.5. The molecule has 252 valence electrons. The molecular formula is C41H36N2O5S2. The summed E-state index contributed by atoms with van der Waals surface area (Å²) in [5.74, 6) is 1.50. The van der Waals surface area contributed by atoms with E-state index in [4.69, 9.17) is 23.9 Å². The van der Waals surface area contributed by atoms with Gasteiger partial charge >= 0.3 is 0 Å². The van der Waals surface area contributed by atoms with Crippen molar-refractivity contribution in [3.8, 4) is 31.7 Å². The Hall–Kier alpha value is -4.77. The molecule has 4 heterocycles. The first kappa shape index (κ1) is 32.4. The average Bonchev–Trinajstić information content (AvgIpc) is 4.00. The van der Waals surface area contributed by atoms with Gasteiger partial charge in [-0.15, -0.1) is 22.7 Å². The minimum Gasteiger partial charge on any atom is -0.497 e. The molecule has 1 saturated heterocycles. The maximum atomic E-state index is 11.4. The van der Waals surface area contributed by atoms with Crippen molar-refractivity contribution in [1.29, 1.82) is 0 Å². The molecule has 1 aliphatic rings. The number of fused-ring (bicyclic) bond motifs is 1. The summed E-state index contributed by atoms with van der Waals surface area (Å²) in [6, 6.07) is 40.8. The lowest BCUT2D eigenvalue weighted by Crippen LogP contribution is -2.38. The predicted molar refractivity (Wildman–Crippen MR) is 199 cm³/mol. The Morgan fingerprint density at radius 2 is 1.44 bits per heavy atom. The topological polar surface area (TPSA) is 75.0 Å². The van der Waals surface area contributed by atoms with Crippen LogP contribution in [0.3, 0.4) is 0 Å². The van der Waals surface area contributed by atoms with E-state index >= 15 is 0 Å². The number of ether oxygens (including phenoxy) is 4. The standard InChI is InChI=1S/C41H36N2O5S2/c1-45-30-17-13-28(14-18-30)41(27-8-4-3-5-9-27,29-15-19-31(46-2)20-16-29)47-25-35-34(44)24-39(48-35)43-26-42-40-32(10-6-11-33(40)43)36-21-22-38(50-36)37-12-7-23-49-37/h3-23,26,34-35,39,44H,24-25H2,1-2H3/t34-,35+,39+/m0/s1. The van der Waals surface area contributed by atoms with E-state index in [0.29, 0.717) is 6.42 Å². The zero-order chi connectivity index (χ0) is 34.1. The van der Waals surface area contributed by atoms with E-state index in [-0.39, 0.29) is 6.61 Å². The number of benzene rings is 4. The molecule has 0 saturated carbocycles. The largest absolute Gasteiger partial charge is 0.497 e. The molecule has 9 heteroatoms. The number of imidazole rings is 1. The number of thiophene rings is 2. The van der Waals surface area contributed by atoms with Gasteiger partial charge in [-0.3, -0.25) is 0 Å². The number of aliphatic hydroxyl groups is 1. The predicted octanol–water partition coefficient (Wildman–Crippen LogP) is 9.17. The van der Waals surface area contributed by atoms with Crippen molar-refractivity contribution < 1.29 is 24.1 Å². The highest BCUT2D eigenvalue weighted by atomic mass is 32.1. The summed E-state index contributed by atoms with van der Waals surface area (Å²) in [5.41, 5.74) is 4.72. The van der Waals surface area contributed by atoms with Crippen molar-refractivity contribution >= 4 is 33.7 Å². The lowest BCUT2D eigenvalue weighted by Gasteiger charge is -2.37. The molecule has 0 radical (unpaired) electrons. The van der Waals surface area contributed by atoms with Crippen LogP contribution in [0.4, 0.5) is 0 Å². The first-order valence-corrected chi connectivity index (χ1v) is 18.2. The van der Waals surface area contributed by atoms with Crippen molar-refractivity contribution in [2.75, 3.05) is 20.8 Å². The van der Waals surface area contributed by atoms with Gasteiger partial charge in [-0.05, 0) is 70.6 Å². The summed E-state index contributed by atoms with van der Waals surface area (Å²) in [4.78, 5) is 8.52. The van der Waals surface area contributed by atoms with E-state index in [9.17, 15) is 5.11 Å². The normalized spacial score (nSPS) is 17.7. The van der Waals surface area contributed by atoms with E-state index < -0.39 is 24.0 Å². The second kappa shape index (κ2) is 13.9. The third-order valence-corrected chi connectivity index (χ3v) is 11.6. The molecule has 0 bridgehead atoms. The first-order valence-electron chi connectivity index (χ1n) is 16.5. The monoisotopic (exact) mass is 700 g/mol. The van der Waals surface area contributed by atoms with Crippen LogP contribution in [0.25, 0.3) is 31.2 Å². The Labute approximate surface area is 298 Å². The molecule has 1 N–H and O–H groups in total. The van der Waals surface area contributed by atoms with Crippen molar-refractivity contribution in [2.24, 2.45) is 0 Å². The number of aromatic nitrogens is 2. The minimum absolute atomic E-state index is 0.142. The number of para-hydroxylation sites is 1. The molecule has 0 amide bonds. The Morgan fingerprint density at radius 3 is 2.10 bits per heavy atom. The fourth-order valence-corrected chi connectivity index (χ4v) is 8.70. The van der Waals surface area contributed by atoms with Crippen LogP contribution in [0, 0.1) is 0 Å². The average molecular weight is 701 g/mol. The molecule has 7 aromatic rings.